The van der Waals surface area contributed by atoms with E-state index in [9.17, 15) is 9.18 Å². The minimum Gasteiger partial charge on any atom is -0.383 e. The van der Waals surface area contributed by atoms with Crippen LogP contribution in [-0.2, 0) is 4.74 Å². The molecule has 0 saturated carbocycles. The molecule has 0 radical (unpaired) electrons. The van der Waals surface area contributed by atoms with Gasteiger partial charge in [-0.25, -0.2) is 4.39 Å². The van der Waals surface area contributed by atoms with E-state index in [-0.39, 0.29) is 17.8 Å². The Hall–Kier alpha value is -1.72. The third-order valence-electron chi connectivity index (χ3n) is 2.75. The number of thiophene rings is 1. The molecule has 1 aromatic carbocycles. The molecule has 2 aromatic rings. The predicted octanol–water partition coefficient (Wildman–Crippen LogP) is 3.32. The Morgan fingerprint density at radius 3 is 2.65 bits per heavy atom. The maximum atomic E-state index is 12.9. The molecule has 0 aliphatic rings. The smallest absolute Gasteiger partial charge is 0.261 e. The Balaban J connectivity index is 2.08. The van der Waals surface area contributed by atoms with Crippen molar-refractivity contribution in [3.05, 3.63) is 47.1 Å². The van der Waals surface area contributed by atoms with Crippen molar-refractivity contribution >= 4 is 17.2 Å². The van der Waals surface area contributed by atoms with Gasteiger partial charge in [0.1, 0.15) is 5.82 Å². The van der Waals surface area contributed by atoms with Crippen LogP contribution in [0.2, 0.25) is 0 Å². The maximum Gasteiger partial charge on any atom is 0.261 e. The molecular weight excluding hydrogens is 277 g/mol. The molecule has 5 heteroatoms. The highest BCUT2D eigenvalue weighted by Crippen LogP contribution is 2.28. The molecule has 0 saturated heterocycles. The van der Waals surface area contributed by atoms with Crippen LogP contribution < -0.4 is 5.32 Å². The summed E-state index contributed by atoms with van der Waals surface area (Å²) in [5.74, 6) is -0.385. The summed E-state index contributed by atoms with van der Waals surface area (Å²) in [4.78, 5) is 13.6. The Bertz CT molecular complexity index is 580. The zero-order valence-corrected chi connectivity index (χ0v) is 12.2. The molecule has 0 aliphatic heterocycles. The van der Waals surface area contributed by atoms with Gasteiger partial charge in [0.25, 0.3) is 5.91 Å². The monoisotopic (exact) mass is 293 g/mol. The quantitative estimate of drug-likeness (QED) is 0.918. The van der Waals surface area contributed by atoms with Crippen LogP contribution in [0.15, 0.2) is 36.4 Å². The van der Waals surface area contributed by atoms with E-state index >= 15 is 0 Å². The van der Waals surface area contributed by atoms with Crippen molar-refractivity contribution in [3.8, 4) is 10.4 Å². The van der Waals surface area contributed by atoms with Crippen molar-refractivity contribution in [2.45, 2.75) is 13.0 Å². The van der Waals surface area contributed by atoms with Gasteiger partial charge >= 0.3 is 0 Å². The molecule has 0 bridgehead atoms. The second kappa shape index (κ2) is 6.63. The lowest BCUT2D eigenvalue weighted by atomic mass is 10.2. The second-order valence-electron chi connectivity index (χ2n) is 4.50. The molecule has 1 N–H and O–H groups in total. The summed E-state index contributed by atoms with van der Waals surface area (Å²) >= 11 is 1.38. The van der Waals surface area contributed by atoms with Crippen LogP contribution in [0.4, 0.5) is 4.39 Å². The molecule has 1 aromatic heterocycles. The molecule has 106 valence electrons. The van der Waals surface area contributed by atoms with Crippen LogP contribution in [-0.4, -0.2) is 25.7 Å². The highest BCUT2D eigenvalue weighted by molar-refractivity contribution is 7.17. The average Bonchev–Trinajstić information content (AvgIpc) is 2.89. The highest BCUT2D eigenvalue weighted by atomic mass is 32.1. The first-order valence-electron chi connectivity index (χ1n) is 6.25. The summed E-state index contributed by atoms with van der Waals surface area (Å²) in [6, 6.07) is 9.84. The topological polar surface area (TPSA) is 38.3 Å². The van der Waals surface area contributed by atoms with Gasteiger partial charge in [0.05, 0.1) is 11.5 Å². The SMILES string of the molecule is COCC(C)NC(=O)c1ccc(-c2ccc(F)cc2)s1. The molecule has 1 unspecified atom stereocenters. The summed E-state index contributed by atoms with van der Waals surface area (Å²) in [7, 11) is 1.60. The van der Waals surface area contributed by atoms with Crippen LogP contribution in [0, 0.1) is 5.82 Å². The highest BCUT2D eigenvalue weighted by Gasteiger charge is 2.12. The normalized spacial score (nSPS) is 12.2. The third-order valence-corrected chi connectivity index (χ3v) is 3.89. The van der Waals surface area contributed by atoms with E-state index < -0.39 is 0 Å². The Morgan fingerprint density at radius 2 is 2.00 bits per heavy atom. The van der Waals surface area contributed by atoms with Crippen LogP contribution in [0.5, 0.6) is 0 Å². The molecule has 0 aliphatic carbocycles. The molecular formula is C15H16FNO2S. The van der Waals surface area contributed by atoms with E-state index in [1.54, 1.807) is 25.3 Å². The maximum absolute atomic E-state index is 12.9. The van der Waals surface area contributed by atoms with Gasteiger partial charge in [-0.1, -0.05) is 12.1 Å². The zero-order valence-electron chi connectivity index (χ0n) is 11.4. The van der Waals surface area contributed by atoms with Crippen LogP contribution in [0.1, 0.15) is 16.6 Å². The molecule has 2 rings (SSSR count). The van der Waals surface area contributed by atoms with Crippen molar-refractivity contribution in [1.29, 1.82) is 0 Å². The fourth-order valence-electron chi connectivity index (χ4n) is 1.82. The van der Waals surface area contributed by atoms with E-state index in [2.05, 4.69) is 5.32 Å². The molecule has 1 amide bonds. The predicted molar refractivity (Wildman–Crippen MR) is 78.5 cm³/mol. The van der Waals surface area contributed by atoms with Gasteiger partial charge in [0.2, 0.25) is 0 Å². The summed E-state index contributed by atoms with van der Waals surface area (Å²) in [5.41, 5.74) is 0.903. The van der Waals surface area contributed by atoms with E-state index in [1.807, 2.05) is 13.0 Å². The fraction of sp³-hybridized carbons (Fsp3) is 0.267. The number of carbonyl (C=O) groups excluding carboxylic acids is 1. The molecule has 20 heavy (non-hydrogen) atoms. The van der Waals surface area contributed by atoms with Crippen molar-refractivity contribution in [3.63, 3.8) is 0 Å². The van der Waals surface area contributed by atoms with Crippen LogP contribution >= 0.6 is 11.3 Å². The van der Waals surface area contributed by atoms with Gasteiger partial charge in [-0.3, -0.25) is 4.79 Å². The third kappa shape index (κ3) is 3.65. The van der Waals surface area contributed by atoms with Gasteiger partial charge < -0.3 is 10.1 Å². The lowest BCUT2D eigenvalue weighted by Crippen LogP contribution is -2.35. The van der Waals surface area contributed by atoms with E-state index in [1.165, 1.54) is 23.5 Å². The molecule has 0 spiro atoms. The number of halogens is 1. The number of amides is 1. The van der Waals surface area contributed by atoms with Gasteiger partial charge in [-0.15, -0.1) is 11.3 Å². The van der Waals surface area contributed by atoms with Gasteiger partial charge in [0, 0.05) is 18.0 Å². The summed E-state index contributed by atoms with van der Waals surface area (Å²) in [6.07, 6.45) is 0. The van der Waals surface area contributed by atoms with Crippen molar-refractivity contribution < 1.29 is 13.9 Å². The van der Waals surface area contributed by atoms with Crippen LogP contribution in [0.3, 0.4) is 0 Å². The van der Waals surface area contributed by atoms with Crippen molar-refractivity contribution in [2.75, 3.05) is 13.7 Å². The number of benzene rings is 1. The van der Waals surface area contributed by atoms with Crippen LogP contribution in [0.25, 0.3) is 10.4 Å². The summed E-state index contributed by atoms with van der Waals surface area (Å²) in [5, 5.41) is 2.86. The first kappa shape index (κ1) is 14.7. The Labute approximate surface area is 121 Å². The lowest BCUT2D eigenvalue weighted by Gasteiger charge is -2.11. The second-order valence-corrected chi connectivity index (χ2v) is 5.58. The Kier molecular flexibility index (Phi) is 4.87. The van der Waals surface area contributed by atoms with E-state index in [4.69, 9.17) is 4.74 Å². The minimum absolute atomic E-state index is 0.0381. The van der Waals surface area contributed by atoms with Crippen molar-refractivity contribution in [1.82, 2.24) is 5.32 Å². The number of hydrogen-bond donors (Lipinski definition) is 1. The minimum atomic E-state index is -0.267. The lowest BCUT2D eigenvalue weighted by molar-refractivity contribution is 0.0909. The first-order valence-corrected chi connectivity index (χ1v) is 7.07. The Morgan fingerprint density at radius 1 is 1.30 bits per heavy atom. The standard InChI is InChI=1S/C15H16FNO2S/c1-10(9-19-2)17-15(18)14-8-7-13(20-14)11-3-5-12(16)6-4-11/h3-8,10H,9H2,1-2H3,(H,17,18). The zero-order chi connectivity index (χ0) is 14.5. The van der Waals surface area contributed by atoms with E-state index in [0.717, 1.165) is 10.4 Å². The number of nitrogens with one attached hydrogen (secondary N) is 1. The number of hydrogen-bond acceptors (Lipinski definition) is 3. The molecule has 1 atom stereocenters. The van der Waals surface area contributed by atoms with Gasteiger partial charge in [0.15, 0.2) is 0 Å². The fourth-order valence-corrected chi connectivity index (χ4v) is 2.73. The number of methoxy groups -OCH3 is 1. The number of carbonyl (C=O) groups is 1. The molecule has 0 fully saturated rings. The van der Waals surface area contributed by atoms with Crippen molar-refractivity contribution in [2.24, 2.45) is 0 Å². The summed E-state index contributed by atoms with van der Waals surface area (Å²) < 4.78 is 17.9. The van der Waals surface area contributed by atoms with E-state index in [0.29, 0.717) is 11.5 Å². The largest absolute Gasteiger partial charge is 0.383 e. The van der Waals surface area contributed by atoms with Gasteiger partial charge in [-0.2, -0.15) is 0 Å². The first-order chi connectivity index (χ1) is 9.60. The average molecular weight is 293 g/mol. The summed E-state index contributed by atoms with van der Waals surface area (Å²) in [6.45, 7) is 2.36. The van der Waals surface area contributed by atoms with Gasteiger partial charge in [-0.05, 0) is 36.8 Å². The number of ether oxygens (including phenoxy) is 1. The molecule has 1 heterocycles. The number of rotatable bonds is 5. The molecule has 3 nitrogen and oxygen atoms in total.